The van der Waals surface area contributed by atoms with Crippen LogP contribution in [-0.2, 0) is 9.59 Å². The van der Waals surface area contributed by atoms with Gasteiger partial charge in [0.05, 0.1) is 16.7 Å². The van der Waals surface area contributed by atoms with E-state index in [-0.39, 0.29) is 0 Å². The Kier molecular flexibility index (Phi) is 3.53. The number of amides is 1. The van der Waals surface area contributed by atoms with Gasteiger partial charge < -0.3 is 10.4 Å². The number of carbonyl (C=O) groups excluding carboxylic acids is 1. The third kappa shape index (κ3) is 2.64. The third-order valence-corrected chi connectivity index (χ3v) is 3.21. The number of para-hydroxylation sites is 2. The van der Waals surface area contributed by atoms with E-state index in [4.69, 9.17) is 5.11 Å². The van der Waals surface area contributed by atoms with Crippen molar-refractivity contribution >= 4 is 39.4 Å². The molecule has 3 rings (SSSR count). The van der Waals surface area contributed by atoms with Crippen molar-refractivity contribution in [2.45, 2.75) is 0 Å². The quantitative estimate of drug-likeness (QED) is 0.574. The number of carboxylic acids is 1. The minimum absolute atomic E-state index is 0.496. The van der Waals surface area contributed by atoms with Crippen LogP contribution in [0.4, 0.5) is 5.69 Å². The predicted octanol–water partition coefficient (Wildman–Crippen LogP) is 2.97. The number of hydrogen-bond donors (Lipinski definition) is 2. The summed E-state index contributed by atoms with van der Waals surface area (Å²) in [5, 5.41) is 13.0. The molecule has 0 aliphatic heterocycles. The zero-order valence-electron chi connectivity index (χ0n) is 11.5. The first-order valence-corrected chi connectivity index (χ1v) is 6.64. The number of benzene rings is 2. The first-order valence-electron chi connectivity index (χ1n) is 6.64. The third-order valence-electron chi connectivity index (χ3n) is 3.21. The summed E-state index contributed by atoms with van der Waals surface area (Å²) in [6, 6.07) is 14.9. The molecule has 0 radical (unpaired) electrons. The van der Waals surface area contributed by atoms with E-state index in [0.717, 1.165) is 34.0 Å². The highest BCUT2D eigenvalue weighted by atomic mass is 16.4. The fraction of sp³-hybridized carbons (Fsp3) is 0. The van der Waals surface area contributed by atoms with E-state index in [0.29, 0.717) is 5.69 Å². The average Bonchev–Trinajstić information content (AvgIpc) is 2.52. The van der Waals surface area contributed by atoms with Crippen LogP contribution in [0.15, 0.2) is 60.7 Å². The minimum atomic E-state index is -1.17. The van der Waals surface area contributed by atoms with Gasteiger partial charge in [-0.1, -0.05) is 36.4 Å². The van der Waals surface area contributed by atoms with Crippen LogP contribution in [0.25, 0.3) is 21.8 Å². The van der Waals surface area contributed by atoms with Crippen molar-refractivity contribution in [3.05, 3.63) is 60.7 Å². The Morgan fingerprint density at radius 3 is 2.00 bits per heavy atom. The first kappa shape index (κ1) is 13.8. The second-order valence-electron chi connectivity index (χ2n) is 4.68. The molecule has 1 amide bonds. The summed E-state index contributed by atoms with van der Waals surface area (Å²) in [5.74, 6) is -1.66. The van der Waals surface area contributed by atoms with Crippen LogP contribution in [0.1, 0.15) is 0 Å². The van der Waals surface area contributed by atoms with Gasteiger partial charge in [0.1, 0.15) is 0 Å². The van der Waals surface area contributed by atoms with Gasteiger partial charge in [-0.2, -0.15) is 0 Å². The fourth-order valence-corrected chi connectivity index (χ4v) is 2.29. The summed E-state index contributed by atoms with van der Waals surface area (Å²) in [6.45, 7) is 0. The number of nitrogens with zero attached hydrogens (tertiary/aromatic N) is 1. The van der Waals surface area contributed by atoms with Crippen molar-refractivity contribution in [1.29, 1.82) is 0 Å². The van der Waals surface area contributed by atoms with E-state index in [9.17, 15) is 9.59 Å². The first-order chi connectivity index (χ1) is 10.6. The van der Waals surface area contributed by atoms with Crippen LogP contribution in [0.3, 0.4) is 0 Å². The molecule has 0 aliphatic rings. The molecule has 0 aliphatic carbocycles. The Labute approximate surface area is 125 Å². The van der Waals surface area contributed by atoms with Gasteiger partial charge in [-0.25, -0.2) is 9.78 Å². The number of carboxylic acid groups (broad SMARTS) is 1. The number of fused-ring (bicyclic) bond motifs is 2. The van der Waals surface area contributed by atoms with Crippen LogP contribution in [0.2, 0.25) is 0 Å². The highest BCUT2D eigenvalue weighted by Gasteiger charge is 2.10. The standard InChI is InChI=1S/C17H12N2O3/c20-15(9-10-16(21)22)19-17-11-5-1-3-7-13(11)18-14-8-4-2-6-12(14)17/h1-10H,(H,21,22)(H,18,19,20)/b10-9+. The lowest BCUT2D eigenvalue weighted by Crippen LogP contribution is -2.10. The van der Waals surface area contributed by atoms with E-state index in [1.807, 2.05) is 48.5 Å². The van der Waals surface area contributed by atoms with Crippen molar-refractivity contribution in [3.63, 3.8) is 0 Å². The van der Waals surface area contributed by atoms with Crippen molar-refractivity contribution < 1.29 is 14.7 Å². The van der Waals surface area contributed by atoms with Crippen molar-refractivity contribution in [1.82, 2.24) is 4.98 Å². The molecule has 2 aromatic carbocycles. The molecule has 1 heterocycles. The smallest absolute Gasteiger partial charge is 0.328 e. The largest absolute Gasteiger partial charge is 0.478 e. The Morgan fingerprint density at radius 2 is 1.45 bits per heavy atom. The van der Waals surface area contributed by atoms with Crippen LogP contribution >= 0.6 is 0 Å². The summed E-state index contributed by atoms with van der Waals surface area (Å²) < 4.78 is 0. The number of hydrogen-bond acceptors (Lipinski definition) is 3. The summed E-state index contributed by atoms with van der Waals surface area (Å²) >= 11 is 0. The molecule has 0 fully saturated rings. The van der Waals surface area contributed by atoms with Crippen molar-refractivity contribution in [2.24, 2.45) is 0 Å². The molecule has 0 spiro atoms. The zero-order valence-corrected chi connectivity index (χ0v) is 11.5. The van der Waals surface area contributed by atoms with Gasteiger partial charge in [0.25, 0.3) is 0 Å². The lowest BCUT2D eigenvalue weighted by atomic mass is 10.1. The molecule has 1 aromatic heterocycles. The predicted molar refractivity (Wildman–Crippen MR) is 84.7 cm³/mol. The van der Waals surface area contributed by atoms with Crippen molar-refractivity contribution in [3.8, 4) is 0 Å². The summed E-state index contributed by atoms with van der Waals surface area (Å²) in [7, 11) is 0. The maximum atomic E-state index is 11.9. The molecule has 0 atom stereocenters. The summed E-state index contributed by atoms with van der Waals surface area (Å²) in [5.41, 5.74) is 2.15. The van der Waals surface area contributed by atoms with Crippen LogP contribution in [0, 0.1) is 0 Å². The molecule has 0 saturated heterocycles. The fourth-order valence-electron chi connectivity index (χ4n) is 2.29. The number of rotatable bonds is 3. The Hall–Kier alpha value is -3.21. The van der Waals surface area contributed by atoms with Gasteiger partial charge in [0, 0.05) is 22.9 Å². The van der Waals surface area contributed by atoms with Crippen LogP contribution < -0.4 is 5.32 Å². The molecule has 2 N–H and O–H groups in total. The molecular formula is C17H12N2O3. The molecule has 5 nitrogen and oxygen atoms in total. The number of nitrogens with one attached hydrogen (secondary N) is 1. The maximum absolute atomic E-state index is 11.9. The van der Waals surface area contributed by atoms with E-state index >= 15 is 0 Å². The summed E-state index contributed by atoms with van der Waals surface area (Å²) in [4.78, 5) is 27.0. The van der Waals surface area contributed by atoms with Crippen molar-refractivity contribution in [2.75, 3.05) is 5.32 Å². The van der Waals surface area contributed by atoms with Gasteiger partial charge in [-0.3, -0.25) is 4.79 Å². The molecule has 108 valence electrons. The Balaban J connectivity index is 2.16. The molecular weight excluding hydrogens is 280 g/mol. The van der Waals surface area contributed by atoms with Gasteiger partial charge >= 0.3 is 5.97 Å². The Morgan fingerprint density at radius 1 is 0.909 bits per heavy atom. The normalized spacial score (nSPS) is 11.1. The lowest BCUT2D eigenvalue weighted by molar-refractivity contribution is -0.131. The topological polar surface area (TPSA) is 79.3 Å². The molecule has 3 aromatic rings. The Bertz CT molecular complexity index is 862. The number of aliphatic carboxylic acids is 1. The maximum Gasteiger partial charge on any atom is 0.328 e. The number of pyridine rings is 1. The van der Waals surface area contributed by atoms with Gasteiger partial charge in [-0.05, 0) is 12.1 Å². The molecule has 0 saturated carbocycles. The number of carbonyl (C=O) groups is 2. The monoisotopic (exact) mass is 292 g/mol. The highest BCUT2D eigenvalue weighted by Crippen LogP contribution is 2.30. The van der Waals surface area contributed by atoms with E-state index in [1.165, 1.54) is 0 Å². The average molecular weight is 292 g/mol. The molecule has 5 heteroatoms. The van der Waals surface area contributed by atoms with E-state index < -0.39 is 11.9 Å². The number of anilines is 1. The van der Waals surface area contributed by atoms with E-state index in [1.54, 1.807) is 0 Å². The lowest BCUT2D eigenvalue weighted by Gasteiger charge is -2.10. The van der Waals surface area contributed by atoms with Gasteiger partial charge in [0.15, 0.2) is 0 Å². The highest BCUT2D eigenvalue weighted by molar-refractivity contribution is 6.15. The summed E-state index contributed by atoms with van der Waals surface area (Å²) in [6.07, 6.45) is 1.80. The van der Waals surface area contributed by atoms with Gasteiger partial charge in [0.2, 0.25) is 5.91 Å². The molecule has 0 unspecified atom stereocenters. The minimum Gasteiger partial charge on any atom is -0.478 e. The molecule has 22 heavy (non-hydrogen) atoms. The molecule has 0 bridgehead atoms. The van der Waals surface area contributed by atoms with Gasteiger partial charge in [-0.15, -0.1) is 0 Å². The SMILES string of the molecule is O=C(O)/C=C/C(=O)Nc1c2ccccc2nc2ccccc12. The van der Waals surface area contributed by atoms with Crippen LogP contribution in [0.5, 0.6) is 0 Å². The zero-order chi connectivity index (χ0) is 15.5. The van der Waals surface area contributed by atoms with Crippen LogP contribution in [-0.4, -0.2) is 22.0 Å². The second kappa shape index (κ2) is 5.65. The van der Waals surface area contributed by atoms with E-state index in [2.05, 4.69) is 10.3 Å². The number of aromatic nitrogens is 1. The second-order valence-corrected chi connectivity index (χ2v) is 4.68.